The third kappa shape index (κ3) is 2.64. The van der Waals surface area contributed by atoms with Crippen LogP contribution in [-0.4, -0.2) is 36.9 Å². The number of nitrogens with one attached hydrogen (secondary N) is 1. The molecule has 2 aliphatic rings. The molecule has 0 amide bonds. The summed E-state index contributed by atoms with van der Waals surface area (Å²) in [6.07, 6.45) is 6.13. The highest BCUT2D eigenvalue weighted by Gasteiger charge is 2.31. The van der Waals surface area contributed by atoms with Crippen LogP contribution in [0.2, 0.25) is 0 Å². The van der Waals surface area contributed by atoms with Crippen LogP contribution >= 0.6 is 0 Å². The fraction of sp³-hybridized carbons (Fsp3) is 0.714. The van der Waals surface area contributed by atoms with Crippen LogP contribution in [0.25, 0.3) is 0 Å². The summed E-state index contributed by atoms with van der Waals surface area (Å²) in [5, 5.41) is 3.29. The highest BCUT2D eigenvalue weighted by atomic mass is 32.2. The maximum atomic E-state index is 12.6. The predicted molar refractivity (Wildman–Crippen MR) is 78.1 cm³/mol. The molecule has 1 saturated carbocycles. The van der Waals surface area contributed by atoms with E-state index in [0.29, 0.717) is 24.0 Å². The van der Waals surface area contributed by atoms with Crippen molar-refractivity contribution in [2.75, 3.05) is 19.6 Å². The van der Waals surface area contributed by atoms with E-state index in [1.807, 2.05) is 12.3 Å². The van der Waals surface area contributed by atoms with E-state index in [2.05, 4.69) is 16.8 Å². The predicted octanol–water partition coefficient (Wildman–Crippen LogP) is 1.72. The second-order valence-electron chi connectivity index (χ2n) is 5.70. The lowest BCUT2D eigenvalue weighted by atomic mass is 10.4. The zero-order chi connectivity index (χ0) is 14.2. The van der Waals surface area contributed by atoms with Crippen molar-refractivity contribution < 1.29 is 8.42 Å². The zero-order valence-corrected chi connectivity index (χ0v) is 12.8. The van der Waals surface area contributed by atoms with E-state index in [9.17, 15) is 8.42 Å². The third-order valence-electron chi connectivity index (χ3n) is 4.11. The van der Waals surface area contributed by atoms with Gasteiger partial charge in [0.2, 0.25) is 10.0 Å². The molecule has 5 nitrogen and oxygen atoms in total. The number of hydrogen-bond acceptors (Lipinski definition) is 3. The fourth-order valence-corrected chi connectivity index (χ4v) is 4.37. The lowest BCUT2D eigenvalue weighted by Crippen LogP contribution is -2.27. The van der Waals surface area contributed by atoms with E-state index in [4.69, 9.17) is 0 Å². The quantitative estimate of drug-likeness (QED) is 0.870. The normalized spacial score (nSPS) is 20.6. The standard InChI is InChI=1S/C14H23N3O2S/c1-2-15-10-13-9-14(11-17(13)12-5-6-12)20(18,19)16-7-3-4-8-16/h9,11-12,15H,2-8,10H2,1H3. The monoisotopic (exact) mass is 297 g/mol. The molecule has 112 valence electrons. The Kier molecular flexibility index (Phi) is 3.88. The van der Waals surface area contributed by atoms with Gasteiger partial charge in [-0.05, 0) is 38.3 Å². The molecule has 6 heteroatoms. The van der Waals surface area contributed by atoms with Crippen LogP contribution in [0.5, 0.6) is 0 Å². The summed E-state index contributed by atoms with van der Waals surface area (Å²) < 4.78 is 29.0. The maximum Gasteiger partial charge on any atom is 0.244 e. The van der Waals surface area contributed by atoms with Gasteiger partial charge in [0, 0.05) is 37.6 Å². The molecule has 1 aliphatic carbocycles. The van der Waals surface area contributed by atoms with Gasteiger partial charge in [-0.25, -0.2) is 8.42 Å². The van der Waals surface area contributed by atoms with Gasteiger partial charge >= 0.3 is 0 Å². The Balaban J connectivity index is 1.89. The average Bonchev–Trinajstić information content (AvgIpc) is 2.96. The molecule has 2 heterocycles. The first-order valence-corrected chi connectivity index (χ1v) is 8.98. The van der Waals surface area contributed by atoms with Gasteiger partial charge < -0.3 is 9.88 Å². The van der Waals surface area contributed by atoms with Gasteiger partial charge in [0.1, 0.15) is 4.90 Å². The number of nitrogens with zero attached hydrogens (tertiary/aromatic N) is 2. The maximum absolute atomic E-state index is 12.6. The van der Waals surface area contributed by atoms with Crippen LogP contribution in [0.3, 0.4) is 0 Å². The molecule has 1 N–H and O–H groups in total. The van der Waals surface area contributed by atoms with Crippen LogP contribution in [-0.2, 0) is 16.6 Å². The number of hydrogen-bond donors (Lipinski definition) is 1. The molecule has 3 rings (SSSR count). The summed E-state index contributed by atoms with van der Waals surface area (Å²) in [6, 6.07) is 2.36. The minimum absolute atomic E-state index is 0.471. The van der Waals surface area contributed by atoms with E-state index in [1.54, 1.807) is 4.31 Å². The zero-order valence-electron chi connectivity index (χ0n) is 12.0. The van der Waals surface area contributed by atoms with Crippen molar-refractivity contribution in [2.45, 2.75) is 50.1 Å². The Morgan fingerprint density at radius 3 is 2.60 bits per heavy atom. The molecule has 20 heavy (non-hydrogen) atoms. The van der Waals surface area contributed by atoms with Gasteiger partial charge in [-0.3, -0.25) is 0 Å². The van der Waals surface area contributed by atoms with Crippen LogP contribution in [0.15, 0.2) is 17.2 Å². The third-order valence-corrected chi connectivity index (χ3v) is 5.97. The van der Waals surface area contributed by atoms with Crippen LogP contribution < -0.4 is 5.32 Å². The Labute approximate surface area is 121 Å². The summed E-state index contributed by atoms with van der Waals surface area (Å²) in [4.78, 5) is 0.471. The average molecular weight is 297 g/mol. The second-order valence-corrected chi connectivity index (χ2v) is 7.64. The Hall–Kier alpha value is -0.850. The molecule has 0 bridgehead atoms. The molecule has 1 saturated heterocycles. The molecule has 0 spiro atoms. The lowest BCUT2D eigenvalue weighted by Gasteiger charge is -2.13. The van der Waals surface area contributed by atoms with Gasteiger partial charge in [0.25, 0.3) is 0 Å². The molecule has 0 unspecified atom stereocenters. The summed E-state index contributed by atoms with van der Waals surface area (Å²) in [6.45, 7) is 5.03. The van der Waals surface area contributed by atoms with E-state index in [1.165, 1.54) is 0 Å². The Morgan fingerprint density at radius 2 is 2.00 bits per heavy atom. The molecule has 0 aromatic carbocycles. The van der Waals surface area contributed by atoms with Crippen LogP contribution in [0.1, 0.15) is 44.3 Å². The Morgan fingerprint density at radius 1 is 1.30 bits per heavy atom. The van der Waals surface area contributed by atoms with Crippen molar-refractivity contribution in [3.05, 3.63) is 18.0 Å². The van der Waals surface area contributed by atoms with Crippen LogP contribution in [0, 0.1) is 0 Å². The first-order chi connectivity index (χ1) is 9.63. The first kappa shape index (κ1) is 14.1. The number of rotatable bonds is 6. The molecular weight excluding hydrogens is 274 g/mol. The van der Waals surface area contributed by atoms with Crippen molar-refractivity contribution in [3.8, 4) is 0 Å². The van der Waals surface area contributed by atoms with Crippen molar-refractivity contribution in [1.29, 1.82) is 0 Å². The van der Waals surface area contributed by atoms with Gasteiger partial charge in [0.15, 0.2) is 0 Å². The van der Waals surface area contributed by atoms with Crippen molar-refractivity contribution in [2.24, 2.45) is 0 Å². The smallest absolute Gasteiger partial charge is 0.244 e. The Bertz CT molecular complexity index is 569. The molecular formula is C14H23N3O2S. The molecule has 1 aromatic heterocycles. The highest BCUT2D eigenvalue weighted by molar-refractivity contribution is 7.89. The van der Waals surface area contributed by atoms with Gasteiger partial charge in [0.05, 0.1) is 0 Å². The summed E-state index contributed by atoms with van der Waals surface area (Å²) in [7, 11) is -3.29. The summed E-state index contributed by atoms with van der Waals surface area (Å²) in [5.41, 5.74) is 1.09. The molecule has 0 radical (unpaired) electrons. The molecule has 1 aliphatic heterocycles. The molecule has 0 atom stereocenters. The molecule has 2 fully saturated rings. The highest BCUT2D eigenvalue weighted by Crippen LogP contribution is 2.37. The van der Waals surface area contributed by atoms with E-state index in [-0.39, 0.29) is 0 Å². The van der Waals surface area contributed by atoms with Gasteiger partial charge in [-0.2, -0.15) is 4.31 Å². The van der Waals surface area contributed by atoms with E-state index >= 15 is 0 Å². The van der Waals surface area contributed by atoms with E-state index < -0.39 is 10.0 Å². The fourth-order valence-electron chi connectivity index (χ4n) is 2.80. The lowest BCUT2D eigenvalue weighted by molar-refractivity contribution is 0.477. The largest absolute Gasteiger partial charge is 0.346 e. The number of aromatic nitrogens is 1. The summed E-state index contributed by atoms with van der Waals surface area (Å²) in [5.74, 6) is 0. The van der Waals surface area contributed by atoms with Crippen molar-refractivity contribution in [1.82, 2.24) is 14.2 Å². The van der Waals surface area contributed by atoms with Gasteiger partial charge in [-0.1, -0.05) is 6.92 Å². The van der Waals surface area contributed by atoms with E-state index in [0.717, 1.165) is 44.5 Å². The topological polar surface area (TPSA) is 54.3 Å². The van der Waals surface area contributed by atoms with Crippen molar-refractivity contribution in [3.63, 3.8) is 0 Å². The molecule has 1 aromatic rings. The van der Waals surface area contributed by atoms with Crippen LogP contribution in [0.4, 0.5) is 0 Å². The number of sulfonamides is 1. The SMILES string of the molecule is CCNCc1cc(S(=O)(=O)N2CCCC2)cn1C1CC1. The van der Waals surface area contributed by atoms with Gasteiger partial charge in [-0.15, -0.1) is 0 Å². The minimum atomic E-state index is -3.29. The second kappa shape index (κ2) is 5.50. The minimum Gasteiger partial charge on any atom is -0.346 e. The summed E-state index contributed by atoms with van der Waals surface area (Å²) >= 11 is 0. The first-order valence-electron chi connectivity index (χ1n) is 7.54. The van der Waals surface area contributed by atoms with Crippen molar-refractivity contribution >= 4 is 10.0 Å².